The van der Waals surface area contributed by atoms with Gasteiger partial charge >= 0.3 is 18.3 Å². The van der Waals surface area contributed by atoms with Crippen LogP contribution in [0.3, 0.4) is 0 Å². The Morgan fingerprint density at radius 3 is 2.36 bits per heavy atom. The van der Waals surface area contributed by atoms with Crippen molar-refractivity contribution >= 4 is 16.9 Å². The van der Waals surface area contributed by atoms with E-state index in [1.165, 1.54) is 32.2 Å². The first-order chi connectivity index (χ1) is 13.0. The van der Waals surface area contributed by atoms with Gasteiger partial charge in [0.2, 0.25) is 0 Å². The number of aryl methyl sites for hydroxylation is 1. The molecule has 0 aliphatic carbocycles. The van der Waals surface area contributed by atoms with Gasteiger partial charge in [0.15, 0.2) is 5.69 Å². The molecule has 1 heterocycles. The molecule has 0 aliphatic rings. The molecule has 1 aromatic heterocycles. The Labute approximate surface area is 156 Å². The number of hydrogen-bond donors (Lipinski definition) is 0. The van der Waals surface area contributed by atoms with Crippen molar-refractivity contribution in [1.82, 2.24) is 4.98 Å². The molecule has 0 saturated heterocycles. The van der Waals surface area contributed by atoms with Gasteiger partial charge in [-0.15, -0.1) is 0 Å². The Morgan fingerprint density at radius 1 is 1.14 bits per heavy atom. The summed E-state index contributed by atoms with van der Waals surface area (Å²) in [5, 5.41) is 0.0585. The van der Waals surface area contributed by atoms with E-state index >= 15 is 0 Å². The van der Waals surface area contributed by atoms with Crippen molar-refractivity contribution in [1.29, 1.82) is 0 Å². The van der Waals surface area contributed by atoms with Crippen molar-refractivity contribution in [2.24, 2.45) is 0 Å². The smallest absolute Gasteiger partial charge is 0.434 e. The second-order valence-corrected chi connectivity index (χ2v) is 5.86. The molecule has 2 aromatic rings. The fourth-order valence-corrected chi connectivity index (χ4v) is 2.87. The lowest BCUT2D eigenvalue weighted by molar-refractivity contribution is -0.141. The molecule has 0 saturated carbocycles. The third kappa shape index (κ3) is 4.85. The number of nitrogens with zero attached hydrogens (tertiary/aromatic N) is 1. The number of esters is 1. The molecule has 154 valence electrons. The SMILES string of the molecule is CCOC(=O)c1c(C(F)(F)F)nc2cccc(OC)c2c1CCCC(F)(F)F. The number of methoxy groups -OCH3 is 1. The molecule has 0 spiro atoms. The Morgan fingerprint density at radius 2 is 1.82 bits per heavy atom. The largest absolute Gasteiger partial charge is 0.496 e. The lowest BCUT2D eigenvalue weighted by Crippen LogP contribution is -2.20. The average molecular weight is 409 g/mol. The molecule has 0 bridgehead atoms. The molecule has 0 radical (unpaired) electrons. The fourth-order valence-electron chi connectivity index (χ4n) is 2.87. The van der Waals surface area contributed by atoms with Gasteiger partial charge in [-0.05, 0) is 37.5 Å². The second-order valence-electron chi connectivity index (χ2n) is 5.86. The summed E-state index contributed by atoms with van der Waals surface area (Å²) in [4.78, 5) is 15.9. The number of halogens is 6. The maximum Gasteiger partial charge on any atom is 0.434 e. The summed E-state index contributed by atoms with van der Waals surface area (Å²) in [7, 11) is 1.26. The summed E-state index contributed by atoms with van der Waals surface area (Å²) in [6.07, 6.45) is -11.6. The molecule has 0 atom stereocenters. The van der Waals surface area contributed by atoms with Crippen LogP contribution in [0.4, 0.5) is 26.3 Å². The van der Waals surface area contributed by atoms with Crippen LogP contribution in [0.5, 0.6) is 5.75 Å². The van der Waals surface area contributed by atoms with Crippen LogP contribution in [-0.4, -0.2) is 30.8 Å². The van der Waals surface area contributed by atoms with Crippen molar-refractivity contribution in [3.63, 3.8) is 0 Å². The first kappa shape index (κ1) is 21.8. The molecule has 2 rings (SSSR count). The zero-order valence-corrected chi connectivity index (χ0v) is 15.0. The number of carbonyl (C=O) groups is 1. The van der Waals surface area contributed by atoms with Crippen molar-refractivity contribution in [3.8, 4) is 5.75 Å². The standard InChI is InChI=1S/C18H17F6NO3/c1-3-28-16(26)14-10(6-5-9-17(19,20)21)13-11(7-4-8-12(13)27-2)25-15(14)18(22,23)24/h4,7-8H,3,5-6,9H2,1-2H3. The van der Waals surface area contributed by atoms with E-state index in [9.17, 15) is 31.1 Å². The predicted molar refractivity (Wildman–Crippen MR) is 88.2 cm³/mol. The minimum Gasteiger partial charge on any atom is -0.496 e. The number of fused-ring (bicyclic) bond motifs is 1. The normalized spacial score (nSPS) is 12.3. The Bertz CT molecular complexity index is 861. The van der Waals surface area contributed by atoms with E-state index in [-0.39, 0.29) is 28.8 Å². The molecule has 0 fully saturated rings. The van der Waals surface area contributed by atoms with E-state index in [1.54, 1.807) is 0 Å². The maximum atomic E-state index is 13.6. The molecule has 0 unspecified atom stereocenters. The number of benzene rings is 1. The Balaban J connectivity index is 2.79. The number of hydrogen-bond acceptors (Lipinski definition) is 4. The fraction of sp³-hybridized carbons (Fsp3) is 0.444. The van der Waals surface area contributed by atoms with Crippen LogP contribution in [0.2, 0.25) is 0 Å². The molecular weight excluding hydrogens is 392 g/mol. The van der Waals surface area contributed by atoms with Crippen molar-refractivity contribution in [2.45, 2.75) is 38.5 Å². The van der Waals surface area contributed by atoms with E-state index in [0.29, 0.717) is 0 Å². The number of ether oxygens (including phenoxy) is 2. The first-order valence-corrected chi connectivity index (χ1v) is 8.30. The summed E-state index contributed by atoms with van der Waals surface area (Å²) in [5.74, 6) is -1.19. The minimum atomic E-state index is -5.00. The number of carbonyl (C=O) groups excluding carboxylic acids is 1. The highest BCUT2D eigenvalue weighted by atomic mass is 19.4. The molecule has 28 heavy (non-hydrogen) atoms. The van der Waals surface area contributed by atoms with Gasteiger partial charge in [-0.25, -0.2) is 9.78 Å². The van der Waals surface area contributed by atoms with Gasteiger partial charge in [-0.1, -0.05) is 6.07 Å². The lowest BCUT2D eigenvalue weighted by Gasteiger charge is -2.19. The average Bonchev–Trinajstić information content (AvgIpc) is 2.58. The van der Waals surface area contributed by atoms with Crippen molar-refractivity contribution in [2.75, 3.05) is 13.7 Å². The summed E-state index contributed by atoms with van der Waals surface area (Å²) in [6, 6.07) is 4.10. The van der Waals surface area contributed by atoms with Crippen LogP contribution in [0.1, 0.15) is 41.4 Å². The summed E-state index contributed by atoms with van der Waals surface area (Å²) in [5.41, 5.74) is -2.73. The third-order valence-corrected chi connectivity index (χ3v) is 3.93. The zero-order valence-electron chi connectivity index (χ0n) is 15.0. The lowest BCUT2D eigenvalue weighted by atomic mass is 9.94. The second kappa shape index (κ2) is 8.24. The van der Waals surface area contributed by atoms with Crippen LogP contribution in [0.15, 0.2) is 18.2 Å². The van der Waals surface area contributed by atoms with Gasteiger partial charge in [0, 0.05) is 11.8 Å². The van der Waals surface area contributed by atoms with Crippen LogP contribution < -0.4 is 4.74 Å². The predicted octanol–water partition coefficient (Wildman–Crippen LogP) is 5.32. The quantitative estimate of drug-likeness (QED) is 0.478. The van der Waals surface area contributed by atoms with E-state index in [4.69, 9.17) is 9.47 Å². The first-order valence-electron chi connectivity index (χ1n) is 8.30. The molecule has 0 amide bonds. The molecule has 0 aliphatic heterocycles. The third-order valence-electron chi connectivity index (χ3n) is 3.93. The molecule has 4 nitrogen and oxygen atoms in total. The number of rotatable bonds is 6. The van der Waals surface area contributed by atoms with Crippen molar-refractivity contribution < 1.29 is 40.6 Å². The summed E-state index contributed by atoms with van der Waals surface area (Å²) in [6.45, 7) is 1.20. The summed E-state index contributed by atoms with van der Waals surface area (Å²) < 4.78 is 88.3. The van der Waals surface area contributed by atoms with Gasteiger partial charge in [0.25, 0.3) is 0 Å². The van der Waals surface area contributed by atoms with Crippen molar-refractivity contribution in [3.05, 3.63) is 35.0 Å². The van der Waals surface area contributed by atoms with E-state index < -0.39 is 48.8 Å². The Kier molecular flexibility index (Phi) is 6.41. The van der Waals surface area contributed by atoms with E-state index in [0.717, 1.165) is 0 Å². The maximum absolute atomic E-state index is 13.6. The van der Waals surface area contributed by atoms with Gasteiger partial charge in [0.05, 0.1) is 24.8 Å². The van der Waals surface area contributed by atoms with Crippen LogP contribution >= 0.6 is 0 Å². The zero-order chi connectivity index (χ0) is 21.1. The Hall–Kier alpha value is -2.52. The monoisotopic (exact) mass is 409 g/mol. The highest BCUT2D eigenvalue weighted by molar-refractivity contribution is 6.00. The molecule has 10 heteroatoms. The van der Waals surface area contributed by atoms with Crippen LogP contribution in [-0.2, 0) is 17.3 Å². The van der Waals surface area contributed by atoms with E-state index in [2.05, 4.69) is 4.98 Å². The minimum absolute atomic E-state index is 0.0585. The number of alkyl halides is 6. The van der Waals surface area contributed by atoms with E-state index in [1.807, 2.05) is 0 Å². The van der Waals surface area contributed by atoms with Gasteiger partial charge in [0.1, 0.15) is 5.75 Å². The highest BCUT2D eigenvalue weighted by Crippen LogP contribution is 2.39. The van der Waals surface area contributed by atoms with Gasteiger partial charge in [-0.3, -0.25) is 0 Å². The number of pyridine rings is 1. The van der Waals surface area contributed by atoms with Gasteiger partial charge in [-0.2, -0.15) is 26.3 Å². The van der Waals surface area contributed by atoms with Crippen LogP contribution in [0, 0.1) is 0 Å². The highest BCUT2D eigenvalue weighted by Gasteiger charge is 2.40. The topological polar surface area (TPSA) is 48.4 Å². The van der Waals surface area contributed by atoms with Gasteiger partial charge < -0.3 is 9.47 Å². The molecule has 1 aromatic carbocycles. The summed E-state index contributed by atoms with van der Waals surface area (Å²) >= 11 is 0. The van der Waals surface area contributed by atoms with Crippen LogP contribution in [0.25, 0.3) is 10.9 Å². The molecule has 0 N–H and O–H groups in total. The number of aromatic nitrogens is 1. The molecular formula is C18H17F6NO3.